The van der Waals surface area contributed by atoms with Crippen molar-refractivity contribution in [3.8, 4) is 0 Å². The molecule has 13 heteroatoms. The number of rotatable bonds is 39. The predicted molar refractivity (Wildman–Crippen MR) is 202 cm³/mol. The summed E-state index contributed by atoms with van der Waals surface area (Å²) in [5, 5.41) is 10.8. The molecule has 0 fully saturated rings. The first-order valence-electron chi connectivity index (χ1n) is 20.7. The summed E-state index contributed by atoms with van der Waals surface area (Å²) in [5.41, 5.74) is 3.24. The van der Waals surface area contributed by atoms with Crippen LogP contribution in [0.25, 0.3) is 0 Å². The molecule has 0 aromatic heterocycles. The van der Waals surface area contributed by atoms with Gasteiger partial charge in [-0.2, -0.15) is 0 Å². The smallest absolute Gasteiger partial charge is 0.756 e. The zero-order valence-corrected chi connectivity index (χ0v) is 36.9. The van der Waals surface area contributed by atoms with Crippen LogP contribution in [0.15, 0.2) is 12.2 Å². The molecule has 3 N–H and O–H groups in total. The Bertz CT molecular complexity index is 954. The van der Waals surface area contributed by atoms with E-state index in [-0.39, 0.29) is 49.0 Å². The van der Waals surface area contributed by atoms with Crippen molar-refractivity contribution < 1.29 is 82.8 Å². The number of allylic oxidation sites excluding steroid dienone is 2. The second-order valence-corrected chi connectivity index (χ2v) is 15.6. The van der Waals surface area contributed by atoms with Gasteiger partial charge in [-0.25, -0.2) is 0 Å². The van der Waals surface area contributed by atoms with Gasteiger partial charge in [0.15, 0.2) is 6.10 Å². The van der Waals surface area contributed by atoms with E-state index in [2.05, 4.69) is 36.3 Å². The molecular weight excluding hydrogens is 708 g/mol. The molecule has 0 aromatic rings. The molecule has 0 rings (SSSR count). The van der Waals surface area contributed by atoms with Crippen molar-refractivity contribution in [1.29, 1.82) is 0 Å². The van der Waals surface area contributed by atoms with Crippen molar-refractivity contribution in [2.45, 2.75) is 206 Å². The number of unbranched alkanes of at least 4 members (excludes halogenated alkanes) is 23. The topological polar surface area (TPSA) is 179 Å². The average Bonchev–Trinajstić information content (AvgIpc) is 3.12. The Morgan fingerprint density at radius 3 is 1.40 bits per heavy atom. The maximum absolute atomic E-state index is 12.6. The Morgan fingerprint density at radius 2 is 0.962 bits per heavy atom. The number of carboxylic acids is 1. The van der Waals surface area contributed by atoms with Gasteiger partial charge >= 0.3 is 41.5 Å². The zero-order valence-electron chi connectivity index (χ0n) is 34.0. The van der Waals surface area contributed by atoms with Gasteiger partial charge < -0.3 is 39.0 Å². The van der Waals surface area contributed by atoms with Crippen molar-refractivity contribution >= 4 is 25.7 Å². The minimum absolute atomic E-state index is 0. The van der Waals surface area contributed by atoms with Crippen molar-refractivity contribution in [2.24, 2.45) is 0 Å². The number of ether oxygens (including phenoxy) is 2. The van der Waals surface area contributed by atoms with Crippen LogP contribution in [0.5, 0.6) is 0 Å². The van der Waals surface area contributed by atoms with E-state index in [0.717, 1.165) is 57.8 Å². The summed E-state index contributed by atoms with van der Waals surface area (Å²) in [6.45, 7) is 2.69. The third kappa shape index (κ3) is 39.3. The summed E-state index contributed by atoms with van der Waals surface area (Å²) < 4.78 is 32.3. The van der Waals surface area contributed by atoms with Crippen LogP contribution < -0.4 is 45.3 Å². The third-order valence-electron chi connectivity index (χ3n) is 9.04. The first-order chi connectivity index (χ1) is 25.1. The number of carbonyl (C=O) groups excluding carboxylic acids is 3. The van der Waals surface area contributed by atoms with Crippen LogP contribution in [0.1, 0.15) is 194 Å². The molecule has 0 heterocycles. The maximum atomic E-state index is 12.6. The van der Waals surface area contributed by atoms with E-state index in [4.69, 9.17) is 14.0 Å². The van der Waals surface area contributed by atoms with E-state index < -0.39 is 51.1 Å². The molecule has 0 aliphatic heterocycles. The number of hydrogen-bond acceptors (Lipinski definition) is 10. The monoisotopic (exact) mass is 784 g/mol. The molecule has 11 nitrogen and oxygen atoms in total. The second kappa shape index (κ2) is 39.5. The first-order valence-corrected chi connectivity index (χ1v) is 22.2. The van der Waals surface area contributed by atoms with Crippen LogP contribution in [-0.4, -0.2) is 49.9 Å². The summed E-state index contributed by atoms with van der Waals surface area (Å²) >= 11 is 0. The van der Waals surface area contributed by atoms with Gasteiger partial charge in [0.25, 0.3) is 7.82 Å². The van der Waals surface area contributed by atoms with Gasteiger partial charge in [-0.3, -0.25) is 14.2 Å². The van der Waals surface area contributed by atoms with Crippen molar-refractivity contribution in [3.05, 3.63) is 12.2 Å². The third-order valence-corrected chi connectivity index (χ3v) is 9.97. The average molecular weight is 784 g/mol. The number of phosphoric acid groups is 1. The van der Waals surface area contributed by atoms with E-state index in [1.165, 1.54) is 96.3 Å². The molecule has 53 heavy (non-hydrogen) atoms. The van der Waals surface area contributed by atoms with Gasteiger partial charge in [0.05, 0.1) is 6.61 Å². The number of aliphatic carboxylic acids is 1. The standard InChI is InChI=1S/C40H76NO10P.Na/c1-3-5-7-9-11-13-15-17-18-20-22-24-26-28-30-32-39(43)51-36(34-49-52(46,47)50-35-37(41)40(44)45)33-48-38(42)31-29-27-25-23-21-19-16-14-12-10-8-6-4-2;/h17-18,36-37H,3-16,19-35,41H2,1-2H3,(H,44,45)(H,46,47);/q;+1/p-1/t36-,37+;/m1./s1. The molecule has 3 atom stereocenters. The molecule has 0 saturated carbocycles. The number of hydrogen-bond donors (Lipinski definition) is 1. The number of carbonyl (C=O) groups is 3. The van der Waals surface area contributed by atoms with Crippen LogP contribution in [0.4, 0.5) is 0 Å². The Balaban J connectivity index is 0. The maximum Gasteiger partial charge on any atom is 1.00 e. The number of quaternary nitrogens is 1. The van der Waals surface area contributed by atoms with Crippen LogP contribution in [0, 0.1) is 0 Å². The van der Waals surface area contributed by atoms with E-state index >= 15 is 0 Å². The minimum Gasteiger partial charge on any atom is -0.756 e. The van der Waals surface area contributed by atoms with Crippen molar-refractivity contribution in [2.75, 3.05) is 19.8 Å². The van der Waals surface area contributed by atoms with E-state index in [1.807, 2.05) is 0 Å². The fourth-order valence-corrected chi connectivity index (χ4v) is 6.49. The number of phosphoric ester groups is 1. The Kier molecular flexibility index (Phi) is 40.4. The molecule has 0 aromatic carbocycles. The van der Waals surface area contributed by atoms with E-state index in [9.17, 15) is 28.9 Å². The summed E-state index contributed by atoms with van der Waals surface area (Å²) in [6.07, 6.45) is 34.0. The van der Waals surface area contributed by atoms with Crippen LogP contribution in [0.3, 0.4) is 0 Å². The quantitative estimate of drug-likeness (QED) is 0.0299. The van der Waals surface area contributed by atoms with Gasteiger partial charge in [-0.1, -0.05) is 154 Å². The fourth-order valence-electron chi connectivity index (χ4n) is 5.71. The first kappa shape index (κ1) is 54.3. The molecule has 0 radical (unpaired) electrons. The summed E-state index contributed by atoms with van der Waals surface area (Å²) in [6, 6.07) is -1.42. The fraction of sp³-hybridized carbons (Fsp3) is 0.875. The number of esters is 2. The summed E-state index contributed by atoms with van der Waals surface area (Å²) in [5.74, 6) is -2.58. The molecule has 0 saturated heterocycles. The Hall–Kier alpha value is -0.780. The van der Waals surface area contributed by atoms with Gasteiger partial charge in [0.1, 0.15) is 25.2 Å². The summed E-state index contributed by atoms with van der Waals surface area (Å²) in [7, 11) is -4.95. The SMILES string of the molecule is CCCCCCCCC=CCCCCCCCC(=O)O[C@H](COC(=O)CCCCCCCCCCCCCCC)COP(=O)([O-])OC[C@H]([NH3+])C(=O)[O-].[Na+]. The minimum atomic E-state index is -4.95. The second-order valence-electron chi connectivity index (χ2n) is 14.2. The number of carboxylic acid groups (broad SMARTS) is 1. The molecular formula is C40H75NNaO10P. The molecule has 0 spiro atoms. The van der Waals surface area contributed by atoms with Crippen molar-refractivity contribution in [3.63, 3.8) is 0 Å². The molecule has 0 aliphatic carbocycles. The van der Waals surface area contributed by atoms with Gasteiger partial charge in [-0.15, -0.1) is 0 Å². The molecule has 0 amide bonds. The molecule has 306 valence electrons. The van der Waals surface area contributed by atoms with Gasteiger partial charge in [-0.05, 0) is 38.5 Å². The van der Waals surface area contributed by atoms with Gasteiger partial charge in [0, 0.05) is 12.8 Å². The zero-order chi connectivity index (χ0) is 38.5. The summed E-state index contributed by atoms with van der Waals surface area (Å²) in [4.78, 5) is 47.9. The molecule has 0 bridgehead atoms. The van der Waals surface area contributed by atoms with Crippen molar-refractivity contribution in [1.82, 2.24) is 0 Å². The van der Waals surface area contributed by atoms with Crippen LogP contribution in [-0.2, 0) is 37.5 Å². The largest absolute Gasteiger partial charge is 1.00 e. The predicted octanol–water partition coefficient (Wildman–Crippen LogP) is 4.83. The van der Waals surface area contributed by atoms with E-state index in [0.29, 0.717) is 12.8 Å². The Morgan fingerprint density at radius 1 is 0.585 bits per heavy atom. The van der Waals surface area contributed by atoms with Crippen LogP contribution in [0.2, 0.25) is 0 Å². The molecule has 1 unspecified atom stereocenters. The van der Waals surface area contributed by atoms with Gasteiger partial charge in [0.2, 0.25) is 0 Å². The van der Waals surface area contributed by atoms with E-state index in [1.54, 1.807) is 0 Å². The van der Waals surface area contributed by atoms with Crippen LogP contribution >= 0.6 is 7.82 Å². The Labute approximate surface area is 344 Å². The molecule has 0 aliphatic rings. The normalized spacial score (nSPS) is 13.7.